The molecule has 0 spiro atoms. The molecule has 0 amide bonds. The van der Waals surface area contributed by atoms with Crippen LogP contribution in [0.5, 0.6) is 0 Å². The largest absolute Gasteiger partial charge is 0.304 e. The highest BCUT2D eigenvalue weighted by Crippen LogP contribution is 2.18. The summed E-state index contributed by atoms with van der Waals surface area (Å²) in [6.07, 6.45) is 3.07. The highest BCUT2D eigenvalue weighted by atomic mass is 35.5. The number of nitrogens with zero attached hydrogens (tertiary/aromatic N) is 2. The Morgan fingerprint density at radius 1 is 1.45 bits per heavy atom. The Labute approximate surface area is 126 Å². The van der Waals surface area contributed by atoms with Crippen molar-refractivity contribution in [3.05, 3.63) is 34.9 Å². The third-order valence-corrected chi connectivity index (χ3v) is 4.42. The Bertz CT molecular complexity index is 464. The van der Waals surface area contributed by atoms with Crippen molar-refractivity contribution in [2.75, 3.05) is 33.7 Å². The zero-order chi connectivity index (χ0) is 14.5. The molecule has 0 radical (unpaired) electrons. The first-order chi connectivity index (χ1) is 9.58. The number of hydrogen-bond acceptors (Lipinski definition) is 3. The van der Waals surface area contributed by atoms with E-state index in [1.807, 2.05) is 12.1 Å². The zero-order valence-electron chi connectivity index (χ0n) is 12.3. The molecule has 0 N–H and O–H groups in total. The standard InChI is InChI=1S/C16H23ClN2O/c1-18(12-13-6-5-10-19(13)2)11-9-16(20)14-7-3-4-8-15(14)17/h3-4,7-8,13H,5-6,9-12H2,1-2H3. The number of hydrogen-bond donors (Lipinski definition) is 0. The molecule has 2 rings (SSSR count). The van der Waals surface area contributed by atoms with Crippen LogP contribution in [0.2, 0.25) is 5.02 Å². The Morgan fingerprint density at radius 3 is 2.85 bits per heavy atom. The maximum absolute atomic E-state index is 12.1. The van der Waals surface area contributed by atoms with E-state index in [4.69, 9.17) is 11.6 Å². The van der Waals surface area contributed by atoms with Gasteiger partial charge in [0.2, 0.25) is 0 Å². The van der Waals surface area contributed by atoms with Crippen LogP contribution in [-0.2, 0) is 0 Å². The summed E-state index contributed by atoms with van der Waals surface area (Å²) in [6.45, 7) is 3.01. The topological polar surface area (TPSA) is 23.6 Å². The van der Waals surface area contributed by atoms with Crippen molar-refractivity contribution in [3.8, 4) is 0 Å². The lowest BCUT2D eigenvalue weighted by atomic mass is 10.1. The average Bonchev–Trinajstić information content (AvgIpc) is 2.82. The second kappa shape index (κ2) is 7.21. The van der Waals surface area contributed by atoms with Gasteiger partial charge in [-0.25, -0.2) is 0 Å². The summed E-state index contributed by atoms with van der Waals surface area (Å²) < 4.78 is 0. The second-order valence-electron chi connectivity index (χ2n) is 5.69. The molecular weight excluding hydrogens is 272 g/mol. The van der Waals surface area contributed by atoms with Crippen molar-refractivity contribution in [3.63, 3.8) is 0 Å². The van der Waals surface area contributed by atoms with Crippen LogP contribution in [0.1, 0.15) is 29.6 Å². The molecule has 1 aliphatic heterocycles. The molecule has 0 bridgehead atoms. The first-order valence-electron chi connectivity index (χ1n) is 7.24. The smallest absolute Gasteiger partial charge is 0.165 e. The molecule has 0 aliphatic carbocycles. The van der Waals surface area contributed by atoms with Crippen molar-refractivity contribution < 1.29 is 4.79 Å². The van der Waals surface area contributed by atoms with Crippen LogP contribution in [0.15, 0.2) is 24.3 Å². The molecule has 1 atom stereocenters. The molecule has 0 saturated carbocycles. The Hall–Kier alpha value is -0.900. The normalized spacial score (nSPS) is 19.7. The van der Waals surface area contributed by atoms with Gasteiger partial charge in [-0.1, -0.05) is 23.7 Å². The summed E-state index contributed by atoms with van der Waals surface area (Å²) in [6, 6.07) is 7.91. The predicted octanol–water partition coefficient (Wildman–Crippen LogP) is 2.94. The molecule has 1 fully saturated rings. The van der Waals surface area contributed by atoms with E-state index < -0.39 is 0 Å². The summed E-state index contributed by atoms with van der Waals surface area (Å²) >= 11 is 6.05. The fraction of sp³-hybridized carbons (Fsp3) is 0.562. The van der Waals surface area contributed by atoms with Crippen LogP contribution >= 0.6 is 11.6 Å². The number of benzene rings is 1. The summed E-state index contributed by atoms with van der Waals surface area (Å²) in [5, 5.41) is 0.552. The third kappa shape index (κ3) is 4.05. The molecule has 1 heterocycles. The fourth-order valence-electron chi connectivity index (χ4n) is 2.78. The van der Waals surface area contributed by atoms with Crippen LogP contribution in [0, 0.1) is 0 Å². The van der Waals surface area contributed by atoms with Crippen LogP contribution in [0.25, 0.3) is 0 Å². The van der Waals surface area contributed by atoms with Gasteiger partial charge in [-0.05, 0) is 45.6 Å². The number of Topliss-reactive ketones (excluding diaryl/α,β-unsaturated/α-hetero) is 1. The van der Waals surface area contributed by atoms with Crippen LogP contribution in [-0.4, -0.2) is 55.4 Å². The molecule has 1 saturated heterocycles. The van der Waals surface area contributed by atoms with E-state index in [1.54, 1.807) is 12.1 Å². The van der Waals surface area contributed by atoms with Crippen molar-refractivity contribution in [2.45, 2.75) is 25.3 Å². The maximum atomic E-state index is 12.1. The number of carbonyl (C=O) groups excluding carboxylic acids is 1. The molecule has 20 heavy (non-hydrogen) atoms. The van der Waals surface area contributed by atoms with Gasteiger partial charge >= 0.3 is 0 Å². The minimum atomic E-state index is 0.127. The molecule has 1 unspecified atom stereocenters. The van der Waals surface area contributed by atoms with Crippen molar-refractivity contribution in [1.29, 1.82) is 0 Å². The predicted molar refractivity (Wildman–Crippen MR) is 83.5 cm³/mol. The van der Waals surface area contributed by atoms with Gasteiger partial charge in [0.15, 0.2) is 5.78 Å². The minimum Gasteiger partial charge on any atom is -0.304 e. The number of likely N-dealkylation sites (tertiary alicyclic amines) is 1. The molecule has 1 aliphatic rings. The van der Waals surface area contributed by atoms with Gasteiger partial charge in [-0.2, -0.15) is 0 Å². The van der Waals surface area contributed by atoms with Gasteiger partial charge in [0.1, 0.15) is 0 Å². The van der Waals surface area contributed by atoms with Gasteiger partial charge in [0.25, 0.3) is 0 Å². The second-order valence-corrected chi connectivity index (χ2v) is 6.10. The van der Waals surface area contributed by atoms with Gasteiger partial charge in [0.05, 0.1) is 5.02 Å². The van der Waals surface area contributed by atoms with Gasteiger partial charge in [-0.15, -0.1) is 0 Å². The molecular formula is C16H23ClN2O. The Morgan fingerprint density at radius 2 is 2.20 bits per heavy atom. The van der Waals surface area contributed by atoms with Gasteiger partial charge < -0.3 is 9.80 Å². The number of carbonyl (C=O) groups is 1. The van der Waals surface area contributed by atoms with Crippen molar-refractivity contribution in [1.82, 2.24) is 9.80 Å². The SMILES string of the molecule is CN(CCC(=O)c1ccccc1Cl)CC1CCCN1C. The Balaban J connectivity index is 1.80. The van der Waals surface area contributed by atoms with E-state index in [0.29, 0.717) is 23.0 Å². The Kier molecular flexibility index (Phi) is 5.58. The van der Waals surface area contributed by atoms with Crippen LogP contribution in [0.3, 0.4) is 0 Å². The van der Waals surface area contributed by atoms with E-state index >= 15 is 0 Å². The molecule has 1 aromatic rings. The lowest BCUT2D eigenvalue weighted by Gasteiger charge is -2.25. The molecule has 1 aromatic carbocycles. The molecule has 110 valence electrons. The number of rotatable bonds is 6. The van der Waals surface area contributed by atoms with E-state index in [2.05, 4.69) is 23.9 Å². The number of ketones is 1. The highest BCUT2D eigenvalue weighted by molar-refractivity contribution is 6.33. The lowest BCUT2D eigenvalue weighted by Crippen LogP contribution is -2.37. The highest BCUT2D eigenvalue weighted by Gasteiger charge is 2.22. The summed E-state index contributed by atoms with van der Waals surface area (Å²) in [7, 11) is 4.27. The van der Waals surface area contributed by atoms with Crippen molar-refractivity contribution >= 4 is 17.4 Å². The molecule has 0 aromatic heterocycles. The first kappa shape index (κ1) is 15.5. The van der Waals surface area contributed by atoms with Crippen LogP contribution in [0.4, 0.5) is 0 Å². The molecule has 3 nitrogen and oxygen atoms in total. The summed E-state index contributed by atoms with van der Waals surface area (Å²) in [5.41, 5.74) is 0.639. The van der Waals surface area contributed by atoms with E-state index in [1.165, 1.54) is 19.4 Å². The fourth-order valence-corrected chi connectivity index (χ4v) is 3.02. The summed E-state index contributed by atoms with van der Waals surface area (Å²) in [5.74, 6) is 0.127. The van der Waals surface area contributed by atoms with E-state index in [-0.39, 0.29) is 5.78 Å². The van der Waals surface area contributed by atoms with Crippen LogP contribution < -0.4 is 0 Å². The lowest BCUT2D eigenvalue weighted by molar-refractivity contribution is 0.0964. The minimum absolute atomic E-state index is 0.127. The van der Waals surface area contributed by atoms with E-state index in [9.17, 15) is 4.79 Å². The quantitative estimate of drug-likeness (QED) is 0.754. The average molecular weight is 295 g/mol. The van der Waals surface area contributed by atoms with Gasteiger partial charge in [0, 0.05) is 31.1 Å². The van der Waals surface area contributed by atoms with E-state index in [0.717, 1.165) is 13.1 Å². The van der Waals surface area contributed by atoms with Crippen molar-refractivity contribution in [2.24, 2.45) is 0 Å². The van der Waals surface area contributed by atoms with Gasteiger partial charge in [-0.3, -0.25) is 4.79 Å². The summed E-state index contributed by atoms with van der Waals surface area (Å²) in [4.78, 5) is 16.8. The molecule has 4 heteroatoms. The third-order valence-electron chi connectivity index (χ3n) is 4.09. The number of halogens is 1. The monoisotopic (exact) mass is 294 g/mol. The number of likely N-dealkylation sites (N-methyl/N-ethyl adjacent to an activating group) is 2. The zero-order valence-corrected chi connectivity index (χ0v) is 13.1. The first-order valence-corrected chi connectivity index (χ1v) is 7.62. The maximum Gasteiger partial charge on any atom is 0.165 e.